The van der Waals surface area contributed by atoms with Gasteiger partial charge in [0.05, 0.1) is 0 Å². The Labute approximate surface area is 123 Å². The summed E-state index contributed by atoms with van der Waals surface area (Å²) in [5.74, 6) is 3.25. The molecule has 0 aliphatic carbocycles. The zero-order chi connectivity index (χ0) is 14.5. The molecule has 0 bridgehead atoms. The van der Waals surface area contributed by atoms with Gasteiger partial charge in [0.1, 0.15) is 18.0 Å². The van der Waals surface area contributed by atoms with Crippen molar-refractivity contribution in [3.63, 3.8) is 0 Å². The van der Waals surface area contributed by atoms with Crippen LogP contribution in [0.15, 0.2) is 16.9 Å². The molecule has 7 nitrogen and oxygen atoms in total. The Morgan fingerprint density at radius 3 is 2.90 bits per heavy atom. The van der Waals surface area contributed by atoms with Crippen molar-refractivity contribution in [1.82, 2.24) is 20.1 Å². The summed E-state index contributed by atoms with van der Waals surface area (Å²) in [6, 6.07) is 2.02. The molecule has 21 heavy (non-hydrogen) atoms. The number of rotatable bonds is 6. The fourth-order valence-electron chi connectivity index (χ4n) is 2.46. The third kappa shape index (κ3) is 3.68. The largest absolute Gasteiger partial charge is 0.370 e. The normalized spacial score (nSPS) is 14.6. The minimum atomic E-state index is 0.684. The number of anilines is 2. The number of nitrogens with zero attached hydrogens (tertiary/aromatic N) is 5. The first-order valence-electron chi connectivity index (χ1n) is 7.41. The summed E-state index contributed by atoms with van der Waals surface area (Å²) < 4.78 is 5.08. The average molecular weight is 288 g/mol. The van der Waals surface area contributed by atoms with Crippen LogP contribution in [0.1, 0.15) is 31.0 Å². The number of aryl methyl sites for hydroxylation is 2. The molecule has 0 saturated carbocycles. The van der Waals surface area contributed by atoms with E-state index in [1.165, 1.54) is 12.8 Å². The smallest absolute Gasteiger partial charge is 0.226 e. The van der Waals surface area contributed by atoms with Gasteiger partial charge >= 0.3 is 0 Å². The van der Waals surface area contributed by atoms with Crippen molar-refractivity contribution in [1.29, 1.82) is 0 Å². The van der Waals surface area contributed by atoms with Crippen molar-refractivity contribution < 1.29 is 4.52 Å². The molecule has 7 heteroatoms. The van der Waals surface area contributed by atoms with E-state index < -0.39 is 0 Å². The van der Waals surface area contributed by atoms with Crippen LogP contribution in [0.25, 0.3) is 0 Å². The molecule has 1 aliphatic heterocycles. The molecule has 0 spiro atoms. The lowest BCUT2D eigenvalue weighted by atomic mass is 10.3. The molecule has 112 valence electrons. The van der Waals surface area contributed by atoms with E-state index in [1.54, 1.807) is 6.33 Å². The van der Waals surface area contributed by atoms with E-state index in [9.17, 15) is 0 Å². The summed E-state index contributed by atoms with van der Waals surface area (Å²) in [6.45, 7) is 4.82. The van der Waals surface area contributed by atoms with Gasteiger partial charge in [0.2, 0.25) is 5.89 Å². The molecule has 2 aromatic heterocycles. The molecular weight excluding hydrogens is 268 g/mol. The highest BCUT2D eigenvalue weighted by atomic mass is 16.5. The molecule has 1 aliphatic rings. The molecule has 0 aromatic carbocycles. The van der Waals surface area contributed by atoms with Crippen LogP contribution in [0.4, 0.5) is 11.6 Å². The van der Waals surface area contributed by atoms with Crippen LogP contribution < -0.4 is 10.2 Å². The highest BCUT2D eigenvalue weighted by molar-refractivity contribution is 5.48. The van der Waals surface area contributed by atoms with Crippen LogP contribution in [0, 0.1) is 6.92 Å². The van der Waals surface area contributed by atoms with Crippen LogP contribution in [0.5, 0.6) is 0 Å². The van der Waals surface area contributed by atoms with Crippen LogP contribution in [0.3, 0.4) is 0 Å². The lowest BCUT2D eigenvalue weighted by molar-refractivity contribution is 0.373. The van der Waals surface area contributed by atoms with Crippen molar-refractivity contribution in [2.45, 2.75) is 32.6 Å². The van der Waals surface area contributed by atoms with Gasteiger partial charge in [-0.15, -0.1) is 0 Å². The SMILES string of the molecule is Cc1noc(CCCNc2cc(N3CCCC3)ncn2)n1. The van der Waals surface area contributed by atoms with Gasteiger partial charge in [0.15, 0.2) is 5.82 Å². The van der Waals surface area contributed by atoms with Crippen LogP contribution >= 0.6 is 0 Å². The molecule has 0 unspecified atom stereocenters. The Hall–Kier alpha value is -2.18. The summed E-state index contributed by atoms with van der Waals surface area (Å²) in [6.07, 6.45) is 5.81. The van der Waals surface area contributed by atoms with E-state index in [0.29, 0.717) is 11.7 Å². The van der Waals surface area contributed by atoms with Gasteiger partial charge in [-0.25, -0.2) is 9.97 Å². The summed E-state index contributed by atoms with van der Waals surface area (Å²) in [5.41, 5.74) is 0. The predicted molar refractivity (Wildman–Crippen MR) is 79.3 cm³/mol. The molecule has 1 saturated heterocycles. The highest BCUT2D eigenvalue weighted by Gasteiger charge is 2.13. The van der Waals surface area contributed by atoms with Gasteiger partial charge in [-0.2, -0.15) is 4.98 Å². The van der Waals surface area contributed by atoms with Crippen LogP contribution in [-0.2, 0) is 6.42 Å². The van der Waals surface area contributed by atoms with Gasteiger partial charge in [-0.3, -0.25) is 0 Å². The van der Waals surface area contributed by atoms with Gasteiger partial charge in [-0.1, -0.05) is 5.16 Å². The van der Waals surface area contributed by atoms with Gasteiger partial charge < -0.3 is 14.7 Å². The minimum absolute atomic E-state index is 0.684. The van der Waals surface area contributed by atoms with Crippen LogP contribution in [-0.4, -0.2) is 39.7 Å². The van der Waals surface area contributed by atoms with E-state index in [1.807, 2.05) is 13.0 Å². The molecule has 1 fully saturated rings. The molecule has 2 aromatic rings. The predicted octanol–water partition coefficient (Wildman–Crippen LogP) is 1.81. The van der Waals surface area contributed by atoms with E-state index in [4.69, 9.17) is 4.52 Å². The van der Waals surface area contributed by atoms with Crippen molar-refractivity contribution in [3.8, 4) is 0 Å². The van der Waals surface area contributed by atoms with Gasteiger partial charge in [0.25, 0.3) is 0 Å². The maximum atomic E-state index is 5.08. The summed E-state index contributed by atoms with van der Waals surface area (Å²) in [4.78, 5) is 15.1. The van der Waals surface area contributed by atoms with E-state index >= 15 is 0 Å². The fraction of sp³-hybridized carbons (Fsp3) is 0.571. The third-order valence-electron chi connectivity index (χ3n) is 3.53. The number of aromatic nitrogens is 4. The first kappa shape index (κ1) is 13.8. The van der Waals surface area contributed by atoms with Crippen molar-refractivity contribution in [2.75, 3.05) is 29.9 Å². The minimum Gasteiger partial charge on any atom is -0.370 e. The third-order valence-corrected chi connectivity index (χ3v) is 3.53. The second kappa shape index (κ2) is 6.51. The maximum absolute atomic E-state index is 5.08. The number of hydrogen-bond donors (Lipinski definition) is 1. The quantitative estimate of drug-likeness (QED) is 0.812. The molecule has 3 heterocycles. The summed E-state index contributed by atoms with van der Waals surface area (Å²) >= 11 is 0. The Bertz CT molecular complexity index is 578. The number of hydrogen-bond acceptors (Lipinski definition) is 7. The Morgan fingerprint density at radius 2 is 2.14 bits per heavy atom. The molecule has 0 amide bonds. The second-order valence-electron chi connectivity index (χ2n) is 5.22. The lowest BCUT2D eigenvalue weighted by Crippen LogP contribution is -2.19. The highest BCUT2D eigenvalue weighted by Crippen LogP contribution is 2.19. The Balaban J connectivity index is 1.47. The first-order chi connectivity index (χ1) is 10.3. The second-order valence-corrected chi connectivity index (χ2v) is 5.22. The molecular formula is C14H20N6O. The molecule has 3 rings (SSSR count). The fourth-order valence-corrected chi connectivity index (χ4v) is 2.46. The van der Waals surface area contributed by atoms with Gasteiger partial charge in [0, 0.05) is 32.1 Å². The molecule has 1 N–H and O–H groups in total. The lowest BCUT2D eigenvalue weighted by Gasteiger charge is -2.16. The molecule has 0 radical (unpaired) electrons. The first-order valence-corrected chi connectivity index (χ1v) is 7.41. The number of nitrogens with one attached hydrogen (secondary N) is 1. The van der Waals surface area contributed by atoms with E-state index in [-0.39, 0.29) is 0 Å². The van der Waals surface area contributed by atoms with E-state index in [2.05, 4.69) is 30.3 Å². The maximum Gasteiger partial charge on any atom is 0.226 e. The zero-order valence-electron chi connectivity index (χ0n) is 12.2. The van der Waals surface area contributed by atoms with Crippen molar-refractivity contribution in [2.24, 2.45) is 0 Å². The Morgan fingerprint density at radius 1 is 1.29 bits per heavy atom. The van der Waals surface area contributed by atoms with Gasteiger partial charge in [-0.05, 0) is 26.2 Å². The standard InChI is InChI=1S/C14H20N6O/c1-11-18-14(21-19-11)5-4-6-15-12-9-13(17-10-16-12)20-7-2-3-8-20/h9-10H,2-8H2,1H3,(H,15,16,17). The van der Waals surface area contributed by atoms with Crippen molar-refractivity contribution in [3.05, 3.63) is 24.1 Å². The average Bonchev–Trinajstić information content (AvgIpc) is 3.16. The topological polar surface area (TPSA) is 80.0 Å². The summed E-state index contributed by atoms with van der Waals surface area (Å²) in [5, 5.41) is 7.09. The zero-order valence-corrected chi connectivity index (χ0v) is 12.2. The Kier molecular flexibility index (Phi) is 4.28. The monoisotopic (exact) mass is 288 g/mol. The van der Waals surface area contributed by atoms with Crippen LogP contribution in [0.2, 0.25) is 0 Å². The van der Waals surface area contributed by atoms with Crippen molar-refractivity contribution >= 4 is 11.6 Å². The molecule has 0 atom stereocenters. The van der Waals surface area contributed by atoms with E-state index in [0.717, 1.165) is 44.1 Å². The summed E-state index contributed by atoms with van der Waals surface area (Å²) in [7, 11) is 0.